The van der Waals surface area contributed by atoms with E-state index in [2.05, 4.69) is 276 Å². The topological polar surface area (TPSA) is 8.17 Å². The molecule has 1 aromatic heterocycles. The number of nitrogens with zero attached hydrogens (tertiary/aromatic N) is 2. The lowest BCUT2D eigenvalue weighted by atomic mass is 9.70. The molecule has 338 valence electrons. The Morgan fingerprint density at radius 2 is 0.767 bits per heavy atom. The van der Waals surface area contributed by atoms with Crippen LogP contribution in [0.15, 0.2) is 267 Å². The predicted molar refractivity (Wildman–Crippen MR) is 307 cm³/mol. The molecule has 0 saturated heterocycles. The maximum Gasteiger partial charge on any atom is 0.0782 e. The number of anilines is 3. The summed E-state index contributed by atoms with van der Waals surface area (Å²) in [5.41, 5.74) is 19.0. The van der Waals surface area contributed by atoms with E-state index < -0.39 is 5.41 Å². The summed E-state index contributed by atoms with van der Waals surface area (Å²) in [7, 11) is 0. The van der Waals surface area contributed by atoms with Gasteiger partial charge < -0.3 is 9.47 Å². The molecule has 0 unspecified atom stereocenters. The Kier molecular flexibility index (Phi) is 8.41. The zero-order chi connectivity index (χ0) is 47.8. The Morgan fingerprint density at radius 3 is 1.42 bits per heavy atom. The van der Waals surface area contributed by atoms with Crippen LogP contribution in [-0.4, -0.2) is 4.57 Å². The fraction of sp³-hybridized carbons (Fsp3) is 0.0141. The Hall–Kier alpha value is -9.50. The number of fused-ring (bicyclic) bond motifs is 21. The second-order valence-corrected chi connectivity index (χ2v) is 19.9. The molecule has 2 aliphatic carbocycles. The van der Waals surface area contributed by atoms with Crippen molar-refractivity contribution < 1.29 is 0 Å². The molecule has 1 heterocycles. The molecule has 0 aliphatic heterocycles. The highest BCUT2D eigenvalue weighted by Gasteiger charge is 2.52. The van der Waals surface area contributed by atoms with Gasteiger partial charge in [0.15, 0.2) is 0 Å². The Bertz CT molecular complexity index is 4540. The van der Waals surface area contributed by atoms with Gasteiger partial charge >= 0.3 is 0 Å². The SMILES string of the molecule is c1ccc(-c2cc3c(cc2N(c2ccc4c5ccccc5c5ccccc5c4c2)c2cccc4c5ccc6ccccc6c5n(-c5ccccc5)c24)C2(c4ccccc4-c4ccccc42)c2ccccc2-3)cc1. The monoisotopic (exact) mass is 924 g/mol. The Morgan fingerprint density at radius 1 is 0.274 bits per heavy atom. The zero-order valence-electron chi connectivity index (χ0n) is 39.8. The lowest BCUT2D eigenvalue weighted by Crippen LogP contribution is -2.26. The van der Waals surface area contributed by atoms with Crippen molar-refractivity contribution in [1.29, 1.82) is 0 Å². The van der Waals surface area contributed by atoms with Gasteiger partial charge in [0.2, 0.25) is 0 Å². The second kappa shape index (κ2) is 15.3. The first-order chi connectivity index (χ1) is 36.3. The number of hydrogen-bond acceptors (Lipinski definition) is 1. The Balaban J connectivity index is 1.10. The van der Waals surface area contributed by atoms with Crippen LogP contribution < -0.4 is 4.90 Å². The van der Waals surface area contributed by atoms with Crippen LogP contribution in [0.3, 0.4) is 0 Å². The van der Waals surface area contributed by atoms with Gasteiger partial charge in [0.05, 0.1) is 27.8 Å². The molecular formula is C71H44N2. The molecule has 1 spiro atoms. The van der Waals surface area contributed by atoms with Gasteiger partial charge in [-0.2, -0.15) is 0 Å². The van der Waals surface area contributed by atoms with E-state index in [0.717, 1.165) is 33.8 Å². The van der Waals surface area contributed by atoms with E-state index in [4.69, 9.17) is 0 Å². The van der Waals surface area contributed by atoms with Gasteiger partial charge in [-0.1, -0.05) is 224 Å². The van der Waals surface area contributed by atoms with Crippen LogP contribution in [0.4, 0.5) is 17.1 Å². The zero-order valence-corrected chi connectivity index (χ0v) is 39.8. The molecule has 73 heavy (non-hydrogen) atoms. The van der Waals surface area contributed by atoms with E-state index in [0.29, 0.717) is 0 Å². The van der Waals surface area contributed by atoms with Gasteiger partial charge in [-0.3, -0.25) is 0 Å². The minimum atomic E-state index is -0.545. The lowest BCUT2D eigenvalue weighted by Gasteiger charge is -2.34. The van der Waals surface area contributed by atoms with Crippen LogP contribution in [-0.2, 0) is 5.41 Å². The van der Waals surface area contributed by atoms with Crippen LogP contribution in [0.1, 0.15) is 22.3 Å². The number of benzene rings is 13. The summed E-state index contributed by atoms with van der Waals surface area (Å²) >= 11 is 0. The molecule has 16 rings (SSSR count). The standard InChI is InChI=1S/C71H44N2/c1-3-20-45(21-4-1)60-43-62-57-32-15-18-36-65(57)71(63-34-16-13-30-55(63)56-31-14-17-35-64(56)71)66(62)44-68(60)72(48-39-41-54-52-28-10-9-26-50(52)51-27-11-12-29-53(51)61(54)42-48)67-37-19-33-58-59-40-38-46-22-7-8-25-49(46)69(59)73(70(58)67)47-23-5-2-6-24-47/h1-44H. The van der Waals surface area contributed by atoms with Gasteiger partial charge in [0, 0.05) is 33.1 Å². The van der Waals surface area contributed by atoms with E-state index in [1.54, 1.807) is 0 Å². The van der Waals surface area contributed by atoms with Crippen LogP contribution in [0, 0.1) is 0 Å². The van der Waals surface area contributed by atoms with E-state index in [9.17, 15) is 0 Å². The van der Waals surface area contributed by atoms with Gasteiger partial charge in [0.1, 0.15) is 0 Å². The van der Waals surface area contributed by atoms with Gasteiger partial charge in [0.25, 0.3) is 0 Å². The maximum absolute atomic E-state index is 2.61. The van der Waals surface area contributed by atoms with E-state index >= 15 is 0 Å². The average molecular weight is 925 g/mol. The molecule has 0 atom stereocenters. The molecule has 0 fully saturated rings. The molecule has 2 heteroatoms. The van der Waals surface area contributed by atoms with Crippen molar-refractivity contribution in [2.24, 2.45) is 0 Å². The number of rotatable bonds is 5. The van der Waals surface area contributed by atoms with Crippen molar-refractivity contribution >= 4 is 82.0 Å². The summed E-state index contributed by atoms with van der Waals surface area (Å²) < 4.78 is 2.54. The van der Waals surface area contributed by atoms with Crippen LogP contribution >= 0.6 is 0 Å². The third-order valence-corrected chi connectivity index (χ3v) is 16.3. The quantitative estimate of drug-likeness (QED) is 0.156. The predicted octanol–water partition coefficient (Wildman–Crippen LogP) is 18.9. The van der Waals surface area contributed by atoms with Crippen molar-refractivity contribution in [2.45, 2.75) is 5.41 Å². The molecule has 0 radical (unpaired) electrons. The number of hydrogen-bond donors (Lipinski definition) is 0. The third kappa shape index (κ3) is 5.47. The van der Waals surface area contributed by atoms with E-state index in [1.807, 2.05) is 0 Å². The molecule has 0 bridgehead atoms. The summed E-state index contributed by atoms with van der Waals surface area (Å²) in [5.74, 6) is 0. The smallest absolute Gasteiger partial charge is 0.0782 e. The first kappa shape index (κ1) is 40.3. The van der Waals surface area contributed by atoms with Crippen molar-refractivity contribution in [3.8, 4) is 39.1 Å². The summed E-state index contributed by atoms with van der Waals surface area (Å²) in [6.07, 6.45) is 0. The van der Waals surface area contributed by atoms with Crippen molar-refractivity contribution in [3.63, 3.8) is 0 Å². The molecule has 2 aliphatic rings. The number of para-hydroxylation sites is 2. The lowest BCUT2D eigenvalue weighted by molar-refractivity contribution is 0.794. The van der Waals surface area contributed by atoms with Crippen molar-refractivity contribution in [3.05, 3.63) is 289 Å². The van der Waals surface area contributed by atoms with Crippen molar-refractivity contribution in [2.75, 3.05) is 4.90 Å². The molecule has 0 amide bonds. The van der Waals surface area contributed by atoms with Crippen LogP contribution in [0.25, 0.3) is 104 Å². The van der Waals surface area contributed by atoms with Gasteiger partial charge in [-0.05, 0) is 130 Å². The van der Waals surface area contributed by atoms with Crippen molar-refractivity contribution in [1.82, 2.24) is 4.57 Å². The molecular weight excluding hydrogens is 881 g/mol. The molecule has 13 aromatic carbocycles. The molecule has 14 aromatic rings. The molecule has 2 nitrogen and oxygen atoms in total. The third-order valence-electron chi connectivity index (χ3n) is 16.3. The average Bonchev–Trinajstić information content (AvgIpc) is 4.15. The second-order valence-electron chi connectivity index (χ2n) is 19.9. The maximum atomic E-state index is 2.61. The fourth-order valence-electron chi connectivity index (χ4n) is 13.4. The highest BCUT2D eigenvalue weighted by molar-refractivity contribution is 6.26. The molecule has 0 N–H and O–H groups in total. The normalized spacial score (nSPS) is 13.0. The first-order valence-corrected chi connectivity index (χ1v) is 25.4. The highest BCUT2D eigenvalue weighted by Crippen LogP contribution is 2.64. The summed E-state index contributed by atoms with van der Waals surface area (Å²) in [4.78, 5) is 2.61. The van der Waals surface area contributed by atoms with E-state index in [-0.39, 0.29) is 0 Å². The molecule has 0 saturated carbocycles. The summed E-state index contributed by atoms with van der Waals surface area (Å²) in [6, 6.07) is 100. The summed E-state index contributed by atoms with van der Waals surface area (Å²) in [6.45, 7) is 0. The Labute approximate surface area is 422 Å². The van der Waals surface area contributed by atoms with E-state index in [1.165, 1.54) is 109 Å². The fourth-order valence-corrected chi connectivity index (χ4v) is 13.4. The minimum Gasteiger partial charge on any atom is -0.308 e. The van der Waals surface area contributed by atoms with Crippen LogP contribution in [0.2, 0.25) is 0 Å². The van der Waals surface area contributed by atoms with Gasteiger partial charge in [-0.15, -0.1) is 0 Å². The first-order valence-electron chi connectivity index (χ1n) is 25.4. The largest absolute Gasteiger partial charge is 0.308 e. The highest BCUT2D eigenvalue weighted by atomic mass is 15.2. The van der Waals surface area contributed by atoms with Crippen LogP contribution in [0.5, 0.6) is 0 Å². The summed E-state index contributed by atoms with van der Waals surface area (Å²) in [5, 5.41) is 12.4. The minimum absolute atomic E-state index is 0.545. The van der Waals surface area contributed by atoms with Gasteiger partial charge in [-0.25, -0.2) is 0 Å². The number of aromatic nitrogens is 1.